The van der Waals surface area contributed by atoms with Gasteiger partial charge >= 0.3 is 12.0 Å². The zero-order valence-corrected chi connectivity index (χ0v) is 9.96. The van der Waals surface area contributed by atoms with Gasteiger partial charge in [-0.15, -0.1) is 4.98 Å². The van der Waals surface area contributed by atoms with Gasteiger partial charge < -0.3 is 19.5 Å². The van der Waals surface area contributed by atoms with Gasteiger partial charge in [0.2, 0.25) is 5.95 Å². The van der Waals surface area contributed by atoms with Crippen LogP contribution in [0.1, 0.15) is 6.42 Å². The van der Waals surface area contributed by atoms with Gasteiger partial charge in [-0.05, 0) is 6.42 Å². The molecule has 1 aromatic rings. The van der Waals surface area contributed by atoms with E-state index in [0.29, 0.717) is 5.95 Å². The monoisotopic (exact) mass is 240 g/mol. The smallest absolute Gasteiger partial charge is 0.324 e. The second kappa shape index (κ2) is 5.13. The molecule has 1 aliphatic heterocycles. The van der Waals surface area contributed by atoms with Crippen LogP contribution in [0.3, 0.4) is 0 Å². The summed E-state index contributed by atoms with van der Waals surface area (Å²) in [7, 11) is 3.00. The van der Waals surface area contributed by atoms with Crippen LogP contribution in [0.5, 0.6) is 12.0 Å². The maximum Gasteiger partial charge on any atom is 0.324 e. The summed E-state index contributed by atoms with van der Waals surface area (Å²) in [6.07, 6.45) is 0.937. The Morgan fingerprint density at radius 3 is 2.35 bits per heavy atom. The van der Waals surface area contributed by atoms with Gasteiger partial charge in [-0.25, -0.2) is 0 Å². The summed E-state index contributed by atoms with van der Waals surface area (Å²) in [5.74, 6) is 0.813. The predicted octanol–water partition coefficient (Wildman–Crippen LogP) is -0.293. The van der Waals surface area contributed by atoms with Crippen molar-refractivity contribution in [3.8, 4) is 12.0 Å². The van der Waals surface area contributed by atoms with E-state index in [2.05, 4.69) is 15.0 Å². The van der Waals surface area contributed by atoms with Crippen LogP contribution in [0, 0.1) is 5.92 Å². The van der Waals surface area contributed by atoms with Crippen molar-refractivity contribution in [1.82, 2.24) is 15.0 Å². The molecule has 7 nitrogen and oxygen atoms in total. The molecule has 0 bridgehead atoms. The molecule has 2 heterocycles. The van der Waals surface area contributed by atoms with E-state index >= 15 is 0 Å². The van der Waals surface area contributed by atoms with Gasteiger partial charge in [-0.3, -0.25) is 0 Å². The molecule has 1 aromatic heterocycles. The van der Waals surface area contributed by atoms with Crippen LogP contribution in [0.4, 0.5) is 5.95 Å². The Kier molecular flexibility index (Phi) is 3.58. The predicted molar refractivity (Wildman–Crippen MR) is 60.3 cm³/mol. The number of rotatable bonds is 4. The average Bonchev–Trinajstić information content (AvgIpc) is 2.86. The van der Waals surface area contributed by atoms with Crippen LogP contribution >= 0.6 is 0 Å². The highest BCUT2D eigenvalue weighted by Crippen LogP contribution is 2.22. The summed E-state index contributed by atoms with van der Waals surface area (Å²) in [6, 6.07) is 0.471. The molecule has 17 heavy (non-hydrogen) atoms. The van der Waals surface area contributed by atoms with Crippen molar-refractivity contribution in [3.05, 3.63) is 0 Å². The van der Waals surface area contributed by atoms with Gasteiger partial charge in [0.1, 0.15) is 0 Å². The molecule has 0 aromatic carbocycles. The number of methoxy groups -OCH3 is 2. The lowest BCUT2D eigenvalue weighted by Crippen LogP contribution is -2.23. The van der Waals surface area contributed by atoms with Crippen LogP contribution in [-0.2, 0) is 0 Å². The Bertz CT molecular complexity index is 366. The second-order valence-electron chi connectivity index (χ2n) is 3.89. The topological polar surface area (TPSA) is 80.6 Å². The van der Waals surface area contributed by atoms with Crippen molar-refractivity contribution in [1.29, 1.82) is 0 Å². The molecule has 1 fully saturated rings. The van der Waals surface area contributed by atoms with Crippen LogP contribution in [-0.4, -0.2) is 54.0 Å². The SMILES string of the molecule is COc1nc(OC)nc(N2CCC(CO)C2)n1. The summed E-state index contributed by atoms with van der Waals surface area (Å²) in [4.78, 5) is 14.3. The first-order valence-corrected chi connectivity index (χ1v) is 5.46. The van der Waals surface area contributed by atoms with E-state index in [0.717, 1.165) is 19.5 Å². The third kappa shape index (κ3) is 2.55. The van der Waals surface area contributed by atoms with Gasteiger partial charge in [0.25, 0.3) is 0 Å². The lowest BCUT2D eigenvalue weighted by molar-refractivity contribution is 0.238. The molecular weight excluding hydrogens is 224 g/mol. The standard InChI is InChI=1S/C10H16N4O3/c1-16-9-11-8(12-10(13-9)17-2)14-4-3-7(5-14)6-15/h7,15H,3-6H2,1-2H3. The fourth-order valence-corrected chi connectivity index (χ4v) is 1.82. The Balaban J connectivity index is 2.20. The number of aliphatic hydroxyl groups is 1. The normalized spacial score (nSPS) is 19.5. The summed E-state index contributed by atoms with van der Waals surface area (Å²) in [5.41, 5.74) is 0. The van der Waals surface area contributed by atoms with Crippen LogP contribution in [0.15, 0.2) is 0 Å². The highest BCUT2D eigenvalue weighted by atomic mass is 16.5. The molecule has 1 N–H and O–H groups in total. The van der Waals surface area contributed by atoms with Crippen molar-refractivity contribution in [2.75, 3.05) is 38.8 Å². The molecule has 7 heteroatoms. The quantitative estimate of drug-likeness (QED) is 0.774. The van der Waals surface area contributed by atoms with E-state index in [4.69, 9.17) is 14.6 Å². The van der Waals surface area contributed by atoms with E-state index in [1.807, 2.05) is 4.90 Å². The second-order valence-corrected chi connectivity index (χ2v) is 3.89. The summed E-state index contributed by atoms with van der Waals surface area (Å²) < 4.78 is 9.98. The molecule has 1 aliphatic rings. The lowest BCUT2D eigenvalue weighted by Gasteiger charge is -2.16. The number of ether oxygens (including phenoxy) is 2. The van der Waals surface area contributed by atoms with Crippen molar-refractivity contribution in [3.63, 3.8) is 0 Å². The molecule has 0 saturated carbocycles. The minimum atomic E-state index is 0.190. The number of aromatic nitrogens is 3. The molecule has 0 radical (unpaired) electrons. The van der Waals surface area contributed by atoms with Crippen molar-refractivity contribution in [2.45, 2.75) is 6.42 Å². The molecular formula is C10H16N4O3. The van der Waals surface area contributed by atoms with Crippen molar-refractivity contribution >= 4 is 5.95 Å². The number of hydrogen-bond acceptors (Lipinski definition) is 7. The van der Waals surface area contributed by atoms with E-state index in [1.54, 1.807) is 0 Å². The van der Waals surface area contributed by atoms with E-state index < -0.39 is 0 Å². The Hall–Kier alpha value is -1.63. The molecule has 94 valence electrons. The van der Waals surface area contributed by atoms with E-state index in [1.165, 1.54) is 14.2 Å². The lowest BCUT2D eigenvalue weighted by atomic mass is 10.1. The number of aliphatic hydroxyl groups excluding tert-OH is 1. The Morgan fingerprint density at radius 2 is 1.88 bits per heavy atom. The zero-order chi connectivity index (χ0) is 12.3. The molecule has 0 aliphatic carbocycles. The average molecular weight is 240 g/mol. The first-order chi connectivity index (χ1) is 8.26. The van der Waals surface area contributed by atoms with Crippen LogP contribution in [0.25, 0.3) is 0 Å². The first kappa shape index (κ1) is 11.8. The highest BCUT2D eigenvalue weighted by Gasteiger charge is 2.24. The minimum Gasteiger partial charge on any atom is -0.467 e. The summed E-state index contributed by atoms with van der Waals surface area (Å²) >= 11 is 0. The van der Waals surface area contributed by atoms with Crippen LogP contribution < -0.4 is 14.4 Å². The third-order valence-corrected chi connectivity index (χ3v) is 2.77. The van der Waals surface area contributed by atoms with Gasteiger partial charge in [-0.1, -0.05) is 0 Å². The van der Waals surface area contributed by atoms with Gasteiger partial charge in [0.05, 0.1) is 14.2 Å². The number of hydrogen-bond donors (Lipinski definition) is 1. The third-order valence-electron chi connectivity index (χ3n) is 2.77. The molecule has 0 spiro atoms. The zero-order valence-electron chi connectivity index (χ0n) is 9.96. The summed E-state index contributed by atoms with van der Waals surface area (Å²) in [6.45, 7) is 1.75. The van der Waals surface area contributed by atoms with Gasteiger partial charge in [0.15, 0.2) is 0 Å². The molecule has 1 atom stereocenters. The van der Waals surface area contributed by atoms with Crippen molar-refractivity contribution in [2.24, 2.45) is 5.92 Å². The molecule has 2 rings (SSSR count). The highest BCUT2D eigenvalue weighted by molar-refractivity contribution is 5.33. The van der Waals surface area contributed by atoms with Gasteiger partial charge in [0, 0.05) is 25.6 Å². The molecule has 1 saturated heterocycles. The molecule has 1 unspecified atom stereocenters. The van der Waals surface area contributed by atoms with E-state index in [9.17, 15) is 0 Å². The van der Waals surface area contributed by atoms with Crippen LogP contribution in [0.2, 0.25) is 0 Å². The fourth-order valence-electron chi connectivity index (χ4n) is 1.82. The number of nitrogens with zero attached hydrogens (tertiary/aromatic N) is 4. The molecule has 0 amide bonds. The maximum absolute atomic E-state index is 9.10. The maximum atomic E-state index is 9.10. The largest absolute Gasteiger partial charge is 0.467 e. The first-order valence-electron chi connectivity index (χ1n) is 5.46. The minimum absolute atomic E-state index is 0.190. The summed E-state index contributed by atoms with van der Waals surface area (Å²) in [5, 5.41) is 9.10. The van der Waals surface area contributed by atoms with E-state index in [-0.39, 0.29) is 24.5 Å². The Morgan fingerprint density at radius 1 is 1.24 bits per heavy atom. The fraction of sp³-hybridized carbons (Fsp3) is 0.700. The van der Waals surface area contributed by atoms with Crippen molar-refractivity contribution < 1.29 is 14.6 Å². The number of anilines is 1. The Labute approximate surface area is 99.4 Å². The van der Waals surface area contributed by atoms with Gasteiger partial charge in [-0.2, -0.15) is 9.97 Å².